The number of ether oxygens (including phenoxy) is 1. The molecule has 23 heavy (non-hydrogen) atoms. The highest BCUT2D eigenvalue weighted by Crippen LogP contribution is 2.31. The molecule has 1 amide bonds. The fourth-order valence-corrected chi connectivity index (χ4v) is 4.58. The van der Waals surface area contributed by atoms with Crippen LogP contribution in [0.1, 0.15) is 16.9 Å². The number of carbonyl (C=O) groups excluding carboxylic acids is 1. The maximum absolute atomic E-state index is 12.9. The smallest absolute Gasteiger partial charge is 0.272 e. The molecule has 0 saturated carbocycles. The first-order valence-electron chi connectivity index (χ1n) is 7.94. The number of fused-ring (bicyclic) bond motifs is 1. The van der Waals surface area contributed by atoms with Crippen LogP contribution in [0.3, 0.4) is 0 Å². The largest absolute Gasteiger partial charge is 0.380 e. The number of carbonyl (C=O) groups is 1. The molecular weight excluding hydrogens is 310 g/mol. The molecule has 2 saturated heterocycles. The summed E-state index contributed by atoms with van der Waals surface area (Å²) in [7, 11) is 0. The summed E-state index contributed by atoms with van der Waals surface area (Å²) in [5, 5.41) is 7.62. The van der Waals surface area contributed by atoms with Crippen LogP contribution >= 0.6 is 11.8 Å². The SMILES string of the molecule is O=C(c1cc(-c2ccccc2)n[nH]1)N1CCS[C@@H]2COCC[C@@H]21. The third-order valence-electron chi connectivity index (χ3n) is 4.47. The normalized spacial score (nSPS) is 24.3. The molecule has 5 nitrogen and oxygen atoms in total. The van der Waals surface area contributed by atoms with Crippen molar-refractivity contribution >= 4 is 17.7 Å². The molecule has 0 unspecified atom stereocenters. The molecule has 0 radical (unpaired) electrons. The van der Waals surface area contributed by atoms with Crippen molar-refractivity contribution in [3.05, 3.63) is 42.1 Å². The minimum Gasteiger partial charge on any atom is -0.380 e. The lowest BCUT2D eigenvalue weighted by atomic mass is 10.1. The Balaban J connectivity index is 1.56. The molecule has 1 aromatic carbocycles. The molecule has 2 aromatic rings. The second kappa shape index (κ2) is 6.37. The lowest BCUT2D eigenvalue weighted by molar-refractivity contribution is 0.0315. The van der Waals surface area contributed by atoms with Gasteiger partial charge in [-0.1, -0.05) is 30.3 Å². The monoisotopic (exact) mass is 329 g/mol. The van der Waals surface area contributed by atoms with Crippen LogP contribution in [0.4, 0.5) is 0 Å². The molecule has 1 aromatic heterocycles. The molecule has 2 fully saturated rings. The van der Waals surface area contributed by atoms with Gasteiger partial charge in [-0.3, -0.25) is 9.89 Å². The molecule has 2 aliphatic rings. The van der Waals surface area contributed by atoms with Crippen LogP contribution in [-0.4, -0.2) is 57.8 Å². The lowest BCUT2D eigenvalue weighted by Crippen LogP contribution is -2.54. The fraction of sp³-hybridized carbons (Fsp3) is 0.412. The molecule has 6 heteroatoms. The topological polar surface area (TPSA) is 58.2 Å². The maximum atomic E-state index is 12.9. The average molecular weight is 329 g/mol. The Morgan fingerprint density at radius 1 is 1.35 bits per heavy atom. The number of hydrogen-bond donors (Lipinski definition) is 1. The number of H-pyrrole nitrogens is 1. The summed E-state index contributed by atoms with van der Waals surface area (Å²) in [6, 6.07) is 12.0. The van der Waals surface area contributed by atoms with Crippen LogP contribution < -0.4 is 0 Å². The Morgan fingerprint density at radius 2 is 2.22 bits per heavy atom. The number of hydrogen-bond acceptors (Lipinski definition) is 4. The summed E-state index contributed by atoms with van der Waals surface area (Å²) < 4.78 is 5.56. The van der Waals surface area contributed by atoms with E-state index in [4.69, 9.17) is 4.74 Å². The molecule has 1 N–H and O–H groups in total. The second-order valence-corrected chi connectivity index (χ2v) is 7.22. The van der Waals surface area contributed by atoms with Gasteiger partial charge in [0.15, 0.2) is 0 Å². The minimum absolute atomic E-state index is 0.0527. The fourth-order valence-electron chi connectivity index (χ4n) is 3.28. The van der Waals surface area contributed by atoms with E-state index >= 15 is 0 Å². The molecule has 120 valence electrons. The Morgan fingerprint density at radius 3 is 3.09 bits per heavy atom. The molecule has 2 atom stereocenters. The Bertz CT molecular complexity index is 686. The van der Waals surface area contributed by atoms with E-state index in [9.17, 15) is 4.79 Å². The first kappa shape index (κ1) is 14.8. The Labute approximate surface area is 139 Å². The van der Waals surface area contributed by atoms with Gasteiger partial charge in [-0.15, -0.1) is 0 Å². The number of aromatic amines is 1. The van der Waals surface area contributed by atoms with Crippen LogP contribution in [-0.2, 0) is 4.74 Å². The van der Waals surface area contributed by atoms with Crippen molar-refractivity contribution in [2.24, 2.45) is 0 Å². The zero-order valence-corrected chi connectivity index (χ0v) is 13.6. The zero-order chi connectivity index (χ0) is 15.6. The van der Waals surface area contributed by atoms with Gasteiger partial charge in [0.2, 0.25) is 0 Å². The molecule has 0 aliphatic carbocycles. The summed E-state index contributed by atoms with van der Waals surface area (Å²) in [5.74, 6) is 1.02. The first-order valence-corrected chi connectivity index (χ1v) is 8.99. The number of thioether (sulfide) groups is 1. The molecule has 3 heterocycles. The van der Waals surface area contributed by atoms with E-state index in [1.165, 1.54) is 0 Å². The van der Waals surface area contributed by atoms with E-state index in [0.29, 0.717) is 10.9 Å². The van der Waals surface area contributed by atoms with Crippen molar-refractivity contribution in [2.45, 2.75) is 17.7 Å². The third kappa shape index (κ3) is 2.88. The molecule has 0 spiro atoms. The predicted octanol–water partition coefficient (Wildman–Crippen LogP) is 2.42. The highest BCUT2D eigenvalue weighted by Gasteiger charge is 2.37. The van der Waals surface area contributed by atoms with Gasteiger partial charge in [0.25, 0.3) is 5.91 Å². The van der Waals surface area contributed by atoms with Crippen molar-refractivity contribution in [3.8, 4) is 11.3 Å². The summed E-state index contributed by atoms with van der Waals surface area (Å²) >= 11 is 1.92. The molecular formula is C17H19N3O2S. The van der Waals surface area contributed by atoms with Crippen LogP contribution in [0.2, 0.25) is 0 Å². The van der Waals surface area contributed by atoms with E-state index in [0.717, 1.165) is 43.2 Å². The summed E-state index contributed by atoms with van der Waals surface area (Å²) in [6.45, 7) is 2.28. The number of amides is 1. The number of nitrogens with zero attached hydrogens (tertiary/aromatic N) is 2. The van der Waals surface area contributed by atoms with Gasteiger partial charge in [0.1, 0.15) is 5.69 Å². The van der Waals surface area contributed by atoms with Crippen LogP contribution in [0.15, 0.2) is 36.4 Å². The number of benzene rings is 1. The van der Waals surface area contributed by atoms with Crippen molar-refractivity contribution < 1.29 is 9.53 Å². The number of aromatic nitrogens is 2. The number of rotatable bonds is 2. The van der Waals surface area contributed by atoms with Gasteiger partial charge in [0.05, 0.1) is 12.3 Å². The second-order valence-electron chi connectivity index (χ2n) is 5.87. The van der Waals surface area contributed by atoms with Gasteiger partial charge >= 0.3 is 0 Å². The third-order valence-corrected chi connectivity index (χ3v) is 5.77. The van der Waals surface area contributed by atoms with Crippen molar-refractivity contribution in [1.82, 2.24) is 15.1 Å². The standard InChI is InChI=1S/C17H19N3O2S/c21-17(20-7-9-23-16-11-22-8-6-15(16)20)14-10-13(18-19-14)12-4-2-1-3-5-12/h1-5,10,15-16H,6-9,11H2,(H,18,19)/t15-,16+/m0/s1. The van der Waals surface area contributed by atoms with Gasteiger partial charge in [-0.2, -0.15) is 16.9 Å². The van der Waals surface area contributed by atoms with Gasteiger partial charge < -0.3 is 9.64 Å². The predicted molar refractivity (Wildman–Crippen MR) is 90.5 cm³/mol. The quantitative estimate of drug-likeness (QED) is 0.919. The van der Waals surface area contributed by atoms with Crippen molar-refractivity contribution in [2.75, 3.05) is 25.5 Å². The lowest BCUT2D eigenvalue weighted by Gasteiger charge is -2.43. The Kier molecular flexibility index (Phi) is 4.10. The Hall–Kier alpha value is -1.79. The summed E-state index contributed by atoms with van der Waals surface area (Å²) in [6.07, 6.45) is 0.920. The van der Waals surface area contributed by atoms with Crippen LogP contribution in [0.25, 0.3) is 11.3 Å². The van der Waals surface area contributed by atoms with E-state index in [1.54, 1.807) is 0 Å². The van der Waals surface area contributed by atoms with E-state index in [2.05, 4.69) is 10.2 Å². The maximum Gasteiger partial charge on any atom is 0.272 e. The van der Waals surface area contributed by atoms with Gasteiger partial charge in [-0.05, 0) is 12.5 Å². The van der Waals surface area contributed by atoms with Gasteiger partial charge in [0, 0.05) is 35.8 Å². The van der Waals surface area contributed by atoms with Crippen LogP contribution in [0, 0.1) is 0 Å². The molecule has 0 bridgehead atoms. The molecule has 2 aliphatic heterocycles. The zero-order valence-electron chi connectivity index (χ0n) is 12.8. The minimum atomic E-state index is 0.0527. The van der Waals surface area contributed by atoms with Gasteiger partial charge in [-0.25, -0.2) is 0 Å². The highest BCUT2D eigenvalue weighted by atomic mass is 32.2. The summed E-state index contributed by atoms with van der Waals surface area (Å²) in [5.41, 5.74) is 2.39. The highest BCUT2D eigenvalue weighted by molar-refractivity contribution is 8.00. The number of nitrogens with one attached hydrogen (secondary N) is 1. The van der Waals surface area contributed by atoms with Crippen LogP contribution in [0.5, 0.6) is 0 Å². The summed E-state index contributed by atoms with van der Waals surface area (Å²) in [4.78, 5) is 14.9. The van der Waals surface area contributed by atoms with E-state index in [1.807, 2.05) is 53.1 Å². The van der Waals surface area contributed by atoms with E-state index < -0.39 is 0 Å². The first-order chi connectivity index (χ1) is 11.3. The molecule has 4 rings (SSSR count). The van der Waals surface area contributed by atoms with Crippen molar-refractivity contribution in [3.63, 3.8) is 0 Å². The van der Waals surface area contributed by atoms with Crippen molar-refractivity contribution in [1.29, 1.82) is 0 Å². The van der Waals surface area contributed by atoms with E-state index in [-0.39, 0.29) is 11.9 Å². The average Bonchev–Trinajstić information content (AvgIpc) is 3.11.